The molecule has 4 rings (SSSR count). The average molecular weight is 405 g/mol. The van der Waals surface area contributed by atoms with Crippen LogP contribution in [0.5, 0.6) is 0 Å². The summed E-state index contributed by atoms with van der Waals surface area (Å²) in [7, 11) is 0. The average Bonchev–Trinajstić information content (AvgIpc) is 3.40. The van der Waals surface area contributed by atoms with Crippen molar-refractivity contribution in [3.63, 3.8) is 0 Å². The summed E-state index contributed by atoms with van der Waals surface area (Å²) >= 11 is 0. The summed E-state index contributed by atoms with van der Waals surface area (Å²) in [5.41, 5.74) is 3.89. The zero-order chi connectivity index (χ0) is 21.1. The molecule has 0 saturated carbocycles. The van der Waals surface area contributed by atoms with Crippen molar-refractivity contribution in [1.82, 2.24) is 15.0 Å². The van der Waals surface area contributed by atoms with Gasteiger partial charge < -0.3 is 9.73 Å². The van der Waals surface area contributed by atoms with Crippen LogP contribution in [-0.2, 0) is 6.42 Å². The van der Waals surface area contributed by atoms with Crippen LogP contribution in [-0.4, -0.2) is 25.8 Å². The number of aryl methyl sites for hydroxylation is 1. The van der Waals surface area contributed by atoms with Crippen molar-refractivity contribution in [2.45, 2.75) is 26.2 Å². The van der Waals surface area contributed by atoms with E-state index >= 15 is 0 Å². The number of nitrogens with one attached hydrogen (secondary N) is 1. The largest absolute Gasteiger partial charge is 0.433 e. The fourth-order valence-electron chi connectivity index (χ4n) is 3.03. The third-order valence-electron chi connectivity index (χ3n) is 4.62. The maximum Gasteiger partial charge on any atom is 0.433 e. The number of anilines is 1. The number of carbonyl (C=O) groups excluding carboxylic acids is 1. The molecule has 0 fully saturated rings. The van der Waals surface area contributed by atoms with Crippen molar-refractivity contribution in [1.29, 1.82) is 0 Å². The second-order valence-corrected chi connectivity index (χ2v) is 6.81. The van der Waals surface area contributed by atoms with Gasteiger partial charge in [-0.05, 0) is 54.8 Å². The second kappa shape index (κ2) is 8.16. The van der Waals surface area contributed by atoms with E-state index in [4.69, 9.17) is 4.42 Å². The molecule has 0 atom stereocenters. The maximum absolute atomic E-state index is 12.3. The van der Waals surface area contributed by atoms with E-state index in [1.807, 2.05) is 12.1 Å². The lowest BCUT2D eigenvalue weighted by molar-refractivity contribution is -0.402. The zero-order valence-electron chi connectivity index (χ0n) is 16.2. The molecule has 0 unspecified atom stereocenters. The lowest BCUT2D eigenvalue weighted by Gasteiger charge is -2.02. The zero-order valence-corrected chi connectivity index (χ0v) is 16.2. The van der Waals surface area contributed by atoms with Crippen LogP contribution in [0.15, 0.2) is 59.0 Å². The van der Waals surface area contributed by atoms with Crippen LogP contribution in [0, 0.1) is 10.1 Å². The molecule has 2 aromatic heterocycles. The van der Waals surface area contributed by atoms with Gasteiger partial charge in [-0.15, -0.1) is 10.2 Å². The highest BCUT2D eigenvalue weighted by Gasteiger charge is 2.17. The van der Waals surface area contributed by atoms with Gasteiger partial charge in [0.05, 0.1) is 11.8 Å². The van der Waals surface area contributed by atoms with E-state index in [-0.39, 0.29) is 5.76 Å². The smallest absolute Gasteiger partial charge is 0.395 e. The van der Waals surface area contributed by atoms with Gasteiger partial charge in [-0.3, -0.25) is 14.9 Å². The third-order valence-corrected chi connectivity index (χ3v) is 4.62. The van der Waals surface area contributed by atoms with Crippen molar-refractivity contribution in [3.05, 3.63) is 76.0 Å². The quantitative estimate of drug-likeness (QED) is 0.357. The number of nitro groups is 1. The summed E-state index contributed by atoms with van der Waals surface area (Å²) in [5.74, 6) is -1.22. The first-order valence-electron chi connectivity index (χ1n) is 9.55. The van der Waals surface area contributed by atoms with E-state index in [1.165, 1.54) is 11.6 Å². The normalized spacial score (nSPS) is 11.0. The molecular formula is C21H19N5O4. The molecule has 0 bridgehead atoms. The predicted octanol–water partition coefficient (Wildman–Crippen LogP) is 4.52. The van der Waals surface area contributed by atoms with Crippen LogP contribution in [0.4, 0.5) is 11.6 Å². The van der Waals surface area contributed by atoms with Crippen molar-refractivity contribution >= 4 is 28.5 Å². The van der Waals surface area contributed by atoms with E-state index in [9.17, 15) is 14.9 Å². The number of benzene rings is 2. The van der Waals surface area contributed by atoms with E-state index in [1.54, 1.807) is 23.0 Å². The van der Waals surface area contributed by atoms with Crippen LogP contribution in [0.3, 0.4) is 0 Å². The molecule has 4 aromatic rings. The molecule has 0 saturated heterocycles. The van der Waals surface area contributed by atoms with Crippen molar-refractivity contribution in [2.75, 3.05) is 5.32 Å². The molecule has 152 valence electrons. The summed E-state index contributed by atoms with van der Waals surface area (Å²) in [6.07, 6.45) is 3.36. The number of fused-ring (bicyclic) bond motifs is 1. The summed E-state index contributed by atoms with van der Waals surface area (Å²) in [5, 5.41) is 22.3. The van der Waals surface area contributed by atoms with Gasteiger partial charge in [-0.1, -0.05) is 25.5 Å². The highest BCUT2D eigenvalue weighted by Crippen LogP contribution is 2.20. The Bertz CT molecular complexity index is 1210. The lowest BCUT2D eigenvalue weighted by Crippen LogP contribution is -2.10. The third kappa shape index (κ3) is 4.04. The monoisotopic (exact) mass is 405 g/mol. The minimum Gasteiger partial charge on any atom is -0.395 e. The van der Waals surface area contributed by atoms with Gasteiger partial charge in [0.1, 0.15) is 16.0 Å². The summed E-state index contributed by atoms with van der Waals surface area (Å²) in [6, 6.07) is 15.6. The van der Waals surface area contributed by atoms with Crippen LogP contribution >= 0.6 is 0 Å². The fraction of sp³-hybridized carbons (Fsp3) is 0.190. The second-order valence-electron chi connectivity index (χ2n) is 6.81. The highest BCUT2D eigenvalue weighted by molar-refractivity contribution is 6.03. The minimum absolute atomic E-state index is 0.145. The van der Waals surface area contributed by atoms with E-state index in [0.717, 1.165) is 31.0 Å². The van der Waals surface area contributed by atoms with Crippen LogP contribution in [0.1, 0.15) is 35.9 Å². The summed E-state index contributed by atoms with van der Waals surface area (Å²) in [6.45, 7) is 2.17. The first-order chi connectivity index (χ1) is 14.5. The topological polar surface area (TPSA) is 116 Å². The van der Waals surface area contributed by atoms with Gasteiger partial charge in [-0.2, -0.15) is 4.80 Å². The van der Waals surface area contributed by atoms with E-state index in [2.05, 4.69) is 34.6 Å². The van der Waals surface area contributed by atoms with E-state index in [0.29, 0.717) is 16.7 Å². The number of hydrogen-bond donors (Lipinski definition) is 1. The van der Waals surface area contributed by atoms with Crippen LogP contribution in [0.2, 0.25) is 0 Å². The van der Waals surface area contributed by atoms with Gasteiger partial charge >= 0.3 is 5.88 Å². The molecular weight excluding hydrogens is 386 g/mol. The SMILES string of the molecule is CCCCc1ccc(-n2nc3ccc(NC(=O)c4ccc([N+](=O)[O-])o4)cc3n2)cc1. The van der Waals surface area contributed by atoms with Crippen LogP contribution in [0.25, 0.3) is 16.7 Å². The number of unbranched alkanes of at least 4 members (excludes halogenated alkanes) is 1. The molecule has 0 spiro atoms. The minimum atomic E-state index is -0.697. The Hall–Kier alpha value is -4.01. The number of aromatic nitrogens is 3. The molecule has 0 aliphatic rings. The summed E-state index contributed by atoms with van der Waals surface area (Å²) in [4.78, 5) is 23.8. The molecule has 30 heavy (non-hydrogen) atoms. The number of carbonyl (C=O) groups is 1. The molecule has 0 radical (unpaired) electrons. The molecule has 9 nitrogen and oxygen atoms in total. The maximum atomic E-state index is 12.3. The number of rotatable bonds is 7. The molecule has 9 heteroatoms. The fourth-order valence-corrected chi connectivity index (χ4v) is 3.03. The van der Waals surface area contributed by atoms with Crippen LogP contribution < -0.4 is 5.32 Å². The van der Waals surface area contributed by atoms with E-state index < -0.39 is 16.7 Å². The Morgan fingerprint density at radius 1 is 1.10 bits per heavy atom. The lowest BCUT2D eigenvalue weighted by atomic mass is 10.1. The van der Waals surface area contributed by atoms with Gasteiger partial charge in [0.2, 0.25) is 0 Å². The molecule has 1 N–H and O–H groups in total. The number of furan rings is 1. The molecule has 0 aliphatic carbocycles. The molecule has 1 amide bonds. The van der Waals surface area contributed by atoms with Crippen molar-refractivity contribution in [2.24, 2.45) is 0 Å². The Labute approximate surface area is 171 Å². The first kappa shape index (κ1) is 19.3. The first-order valence-corrected chi connectivity index (χ1v) is 9.55. The van der Waals surface area contributed by atoms with Gasteiger partial charge in [-0.25, -0.2) is 0 Å². The Kier molecular flexibility index (Phi) is 5.25. The number of amides is 1. The van der Waals surface area contributed by atoms with Crippen molar-refractivity contribution in [3.8, 4) is 5.69 Å². The van der Waals surface area contributed by atoms with Crippen molar-refractivity contribution < 1.29 is 14.1 Å². The predicted molar refractivity (Wildman–Crippen MR) is 111 cm³/mol. The molecule has 0 aliphatic heterocycles. The number of hydrogen-bond acceptors (Lipinski definition) is 6. The highest BCUT2D eigenvalue weighted by atomic mass is 16.6. The number of nitrogens with zero attached hydrogens (tertiary/aromatic N) is 4. The Morgan fingerprint density at radius 3 is 2.57 bits per heavy atom. The van der Waals surface area contributed by atoms with Gasteiger partial charge in [0.25, 0.3) is 5.91 Å². The van der Waals surface area contributed by atoms with Gasteiger partial charge in [0.15, 0.2) is 5.76 Å². The summed E-state index contributed by atoms with van der Waals surface area (Å²) < 4.78 is 4.92. The van der Waals surface area contributed by atoms with Gasteiger partial charge in [0, 0.05) is 5.69 Å². The standard InChI is InChI=1S/C21H19N5O4/c1-2-3-4-14-5-8-16(9-6-14)25-23-17-10-7-15(13-18(17)24-25)22-21(27)19-11-12-20(30-19)26(28)29/h5-13H,2-4H2,1H3,(H,22,27). The molecule has 2 heterocycles. The Balaban J connectivity index is 1.52. The molecule has 2 aromatic carbocycles. The Morgan fingerprint density at radius 2 is 1.87 bits per heavy atom.